The van der Waals surface area contributed by atoms with E-state index < -0.39 is 0 Å². The number of furan rings is 1. The molecule has 4 heteroatoms. The first-order chi connectivity index (χ1) is 11.1. The van der Waals surface area contributed by atoms with Crippen LogP contribution < -0.4 is 5.32 Å². The van der Waals surface area contributed by atoms with Crippen LogP contribution in [0.2, 0.25) is 10.0 Å². The lowest BCUT2D eigenvalue weighted by Crippen LogP contribution is -2.17. The lowest BCUT2D eigenvalue weighted by atomic mass is 10.1. The highest BCUT2D eigenvalue weighted by Crippen LogP contribution is 2.31. The summed E-state index contributed by atoms with van der Waals surface area (Å²) in [5, 5.41) is 4.72. The third-order valence-electron chi connectivity index (χ3n) is 3.74. The lowest BCUT2D eigenvalue weighted by Gasteiger charge is -2.13. The second-order valence-corrected chi connectivity index (χ2v) is 6.25. The Morgan fingerprint density at radius 1 is 1.00 bits per heavy atom. The summed E-state index contributed by atoms with van der Waals surface area (Å²) in [6.07, 6.45) is 0. The standard InChI is InChI=1S/C19H17Cl2NO/c1-13(14-5-3-2-4-6-14)22-12-16-8-10-19(23-16)17-11-15(20)7-9-18(17)21/h2-11,13,22H,12H2,1H3/t13-/m1/s1. The van der Waals surface area contributed by atoms with Crippen LogP contribution in [0.5, 0.6) is 0 Å². The van der Waals surface area contributed by atoms with E-state index in [2.05, 4.69) is 24.4 Å². The van der Waals surface area contributed by atoms with E-state index >= 15 is 0 Å². The van der Waals surface area contributed by atoms with E-state index in [9.17, 15) is 0 Å². The van der Waals surface area contributed by atoms with Gasteiger partial charge in [-0.1, -0.05) is 53.5 Å². The fourth-order valence-corrected chi connectivity index (χ4v) is 2.80. The number of nitrogens with one attached hydrogen (secondary N) is 1. The molecule has 0 unspecified atom stereocenters. The minimum Gasteiger partial charge on any atom is -0.460 e. The van der Waals surface area contributed by atoms with Crippen molar-refractivity contribution in [2.24, 2.45) is 0 Å². The third kappa shape index (κ3) is 3.97. The minimum absolute atomic E-state index is 0.250. The van der Waals surface area contributed by atoms with Gasteiger partial charge in [0.2, 0.25) is 0 Å². The highest BCUT2D eigenvalue weighted by Gasteiger charge is 2.10. The molecular weight excluding hydrogens is 329 g/mol. The molecule has 2 aromatic carbocycles. The van der Waals surface area contributed by atoms with Gasteiger partial charge in [0.1, 0.15) is 11.5 Å². The fraction of sp³-hybridized carbons (Fsp3) is 0.158. The highest BCUT2D eigenvalue weighted by molar-refractivity contribution is 6.35. The van der Waals surface area contributed by atoms with Gasteiger partial charge >= 0.3 is 0 Å². The second-order valence-electron chi connectivity index (χ2n) is 5.40. The van der Waals surface area contributed by atoms with Crippen LogP contribution in [0.4, 0.5) is 0 Å². The summed E-state index contributed by atoms with van der Waals surface area (Å²) in [5.41, 5.74) is 2.05. The number of rotatable bonds is 5. The fourth-order valence-electron chi connectivity index (χ4n) is 2.42. The molecule has 0 aliphatic rings. The molecule has 0 saturated carbocycles. The van der Waals surface area contributed by atoms with E-state index in [4.69, 9.17) is 27.6 Å². The van der Waals surface area contributed by atoms with E-state index in [1.54, 1.807) is 12.1 Å². The zero-order valence-corrected chi connectivity index (χ0v) is 14.2. The first-order valence-electron chi connectivity index (χ1n) is 7.46. The molecule has 1 N–H and O–H groups in total. The van der Waals surface area contributed by atoms with Crippen LogP contribution in [0.3, 0.4) is 0 Å². The minimum atomic E-state index is 0.250. The molecule has 1 aromatic heterocycles. The zero-order chi connectivity index (χ0) is 16.2. The number of benzene rings is 2. The summed E-state index contributed by atoms with van der Waals surface area (Å²) in [6, 6.07) is 19.8. The Bertz CT molecular complexity index is 783. The summed E-state index contributed by atoms with van der Waals surface area (Å²) in [5.74, 6) is 1.58. The molecule has 0 fully saturated rings. The average molecular weight is 346 g/mol. The maximum absolute atomic E-state index is 6.21. The molecule has 3 aromatic rings. The highest BCUT2D eigenvalue weighted by atomic mass is 35.5. The van der Waals surface area contributed by atoms with E-state index in [-0.39, 0.29) is 6.04 Å². The molecule has 0 spiro atoms. The Kier molecular flexibility index (Phi) is 5.06. The summed E-state index contributed by atoms with van der Waals surface area (Å²) < 4.78 is 5.89. The topological polar surface area (TPSA) is 25.2 Å². The molecule has 118 valence electrons. The van der Waals surface area contributed by atoms with Gasteiger partial charge in [-0.05, 0) is 42.8 Å². The summed E-state index contributed by atoms with van der Waals surface area (Å²) >= 11 is 12.2. The van der Waals surface area contributed by atoms with Crippen molar-refractivity contribution in [1.29, 1.82) is 0 Å². The van der Waals surface area contributed by atoms with Gasteiger partial charge in [0.05, 0.1) is 11.6 Å². The first kappa shape index (κ1) is 16.1. The Morgan fingerprint density at radius 3 is 2.57 bits per heavy atom. The van der Waals surface area contributed by atoms with Crippen molar-refractivity contribution < 1.29 is 4.42 Å². The molecule has 1 atom stereocenters. The average Bonchev–Trinajstić information content (AvgIpc) is 3.04. The Labute approximate surface area is 146 Å². The molecule has 0 saturated heterocycles. The smallest absolute Gasteiger partial charge is 0.135 e. The first-order valence-corrected chi connectivity index (χ1v) is 8.21. The quantitative estimate of drug-likeness (QED) is 0.603. The van der Waals surface area contributed by atoms with Crippen LogP contribution in [-0.4, -0.2) is 0 Å². The van der Waals surface area contributed by atoms with E-state index in [1.165, 1.54) is 5.56 Å². The lowest BCUT2D eigenvalue weighted by molar-refractivity contribution is 0.468. The van der Waals surface area contributed by atoms with Crippen molar-refractivity contribution in [2.75, 3.05) is 0 Å². The van der Waals surface area contributed by atoms with Crippen LogP contribution in [-0.2, 0) is 6.54 Å². The molecule has 0 radical (unpaired) electrons. The van der Waals surface area contributed by atoms with Gasteiger partial charge in [0, 0.05) is 16.6 Å². The molecular formula is C19H17Cl2NO. The van der Waals surface area contributed by atoms with Crippen molar-refractivity contribution in [3.63, 3.8) is 0 Å². The zero-order valence-electron chi connectivity index (χ0n) is 12.7. The van der Waals surface area contributed by atoms with Crippen LogP contribution in [0.15, 0.2) is 65.1 Å². The van der Waals surface area contributed by atoms with Crippen molar-refractivity contribution in [2.45, 2.75) is 19.5 Å². The van der Waals surface area contributed by atoms with E-state index in [0.717, 1.165) is 17.1 Å². The van der Waals surface area contributed by atoms with Gasteiger partial charge in [0.25, 0.3) is 0 Å². The molecule has 1 heterocycles. The molecule has 23 heavy (non-hydrogen) atoms. The van der Waals surface area contributed by atoms with E-state index in [0.29, 0.717) is 16.6 Å². The molecule has 0 amide bonds. The predicted molar refractivity (Wildman–Crippen MR) is 95.9 cm³/mol. The molecule has 2 nitrogen and oxygen atoms in total. The van der Waals surface area contributed by atoms with Gasteiger partial charge < -0.3 is 9.73 Å². The maximum atomic E-state index is 6.21. The Hall–Kier alpha value is -1.74. The van der Waals surface area contributed by atoms with E-state index in [1.807, 2.05) is 36.4 Å². The van der Waals surface area contributed by atoms with Crippen LogP contribution >= 0.6 is 23.2 Å². The summed E-state index contributed by atoms with van der Waals surface area (Å²) in [6.45, 7) is 2.78. The summed E-state index contributed by atoms with van der Waals surface area (Å²) in [4.78, 5) is 0. The van der Waals surface area contributed by atoms with Crippen LogP contribution in [0.1, 0.15) is 24.3 Å². The van der Waals surface area contributed by atoms with Crippen LogP contribution in [0, 0.1) is 0 Å². The largest absolute Gasteiger partial charge is 0.460 e. The van der Waals surface area contributed by atoms with Crippen LogP contribution in [0.25, 0.3) is 11.3 Å². The third-order valence-corrected chi connectivity index (χ3v) is 4.30. The summed E-state index contributed by atoms with van der Waals surface area (Å²) in [7, 11) is 0. The number of hydrogen-bond acceptors (Lipinski definition) is 2. The molecule has 0 bridgehead atoms. The van der Waals surface area contributed by atoms with Crippen molar-refractivity contribution in [3.05, 3.63) is 82.0 Å². The van der Waals surface area contributed by atoms with Crippen molar-refractivity contribution in [1.82, 2.24) is 5.32 Å². The van der Waals surface area contributed by atoms with Crippen molar-refractivity contribution >= 4 is 23.2 Å². The van der Waals surface area contributed by atoms with Gasteiger partial charge in [-0.3, -0.25) is 0 Å². The monoisotopic (exact) mass is 345 g/mol. The Morgan fingerprint density at radius 2 is 1.78 bits per heavy atom. The van der Waals surface area contributed by atoms with Gasteiger partial charge in [-0.25, -0.2) is 0 Å². The molecule has 3 rings (SSSR count). The predicted octanol–water partition coefficient (Wildman–Crippen LogP) is 6.10. The maximum Gasteiger partial charge on any atom is 0.135 e. The van der Waals surface area contributed by atoms with Gasteiger partial charge in [0.15, 0.2) is 0 Å². The molecule has 0 aliphatic carbocycles. The Balaban J connectivity index is 1.69. The van der Waals surface area contributed by atoms with Gasteiger partial charge in [-0.15, -0.1) is 0 Å². The molecule has 0 aliphatic heterocycles. The van der Waals surface area contributed by atoms with Crippen molar-refractivity contribution in [3.8, 4) is 11.3 Å². The SMILES string of the molecule is C[C@@H](NCc1ccc(-c2cc(Cl)ccc2Cl)o1)c1ccccc1. The second kappa shape index (κ2) is 7.22. The number of hydrogen-bond donors (Lipinski definition) is 1. The van der Waals surface area contributed by atoms with Gasteiger partial charge in [-0.2, -0.15) is 0 Å². The normalized spacial score (nSPS) is 12.3. The number of halogens is 2.